The van der Waals surface area contributed by atoms with Gasteiger partial charge in [-0.25, -0.2) is 0 Å². The van der Waals surface area contributed by atoms with Crippen molar-refractivity contribution in [2.24, 2.45) is 5.73 Å². The first-order valence-electron chi connectivity index (χ1n) is 6.55. The fourth-order valence-electron chi connectivity index (χ4n) is 2.19. The fourth-order valence-corrected chi connectivity index (χ4v) is 2.19. The van der Waals surface area contributed by atoms with Gasteiger partial charge in [-0.15, -0.1) is 0 Å². The van der Waals surface area contributed by atoms with Crippen LogP contribution in [0.25, 0.3) is 0 Å². The standard InChI is InChI=1S/C15H21N3O/c1-11-8-12(2)18(17-11)10-15(19)14(16)9-13-6-4-3-5-7-13/h3-8,14-15,19H,9-10,16H2,1-2H3. The number of hydrogen-bond donors (Lipinski definition) is 2. The van der Waals surface area contributed by atoms with Gasteiger partial charge < -0.3 is 10.8 Å². The summed E-state index contributed by atoms with van der Waals surface area (Å²) in [4.78, 5) is 0. The molecule has 1 aromatic carbocycles. The highest BCUT2D eigenvalue weighted by molar-refractivity contribution is 5.16. The number of nitrogens with zero attached hydrogens (tertiary/aromatic N) is 2. The van der Waals surface area contributed by atoms with E-state index in [1.165, 1.54) is 0 Å². The van der Waals surface area contributed by atoms with Crippen molar-refractivity contribution in [3.63, 3.8) is 0 Å². The smallest absolute Gasteiger partial charge is 0.0889 e. The lowest BCUT2D eigenvalue weighted by Gasteiger charge is -2.19. The molecule has 0 aliphatic rings. The van der Waals surface area contributed by atoms with Crippen molar-refractivity contribution in [3.8, 4) is 0 Å². The van der Waals surface area contributed by atoms with E-state index in [0.29, 0.717) is 13.0 Å². The zero-order valence-corrected chi connectivity index (χ0v) is 11.5. The third kappa shape index (κ3) is 3.66. The Morgan fingerprint density at radius 2 is 1.95 bits per heavy atom. The maximum Gasteiger partial charge on any atom is 0.0889 e. The number of nitrogens with two attached hydrogens (primary N) is 1. The van der Waals surface area contributed by atoms with Crippen molar-refractivity contribution < 1.29 is 5.11 Å². The number of benzene rings is 1. The van der Waals surface area contributed by atoms with Crippen LogP contribution in [-0.2, 0) is 13.0 Å². The summed E-state index contributed by atoms with van der Waals surface area (Å²) in [6.45, 7) is 4.36. The van der Waals surface area contributed by atoms with Crippen molar-refractivity contribution in [1.82, 2.24) is 9.78 Å². The van der Waals surface area contributed by atoms with Gasteiger partial charge in [-0.05, 0) is 31.9 Å². The SMILES string of the molecule is Cc1cc(C)n(CC(O)C(N)Cc2ccccc2)n1. The van der Waals surface area contributed by atoms with E-state index in [-0.39, 0.29) is 6.04 Å². The Balaban J connectivity index is 1.96. The molecule has 19 heavy (non-hydrogen) atoms. The number of aliphatic hydroxyl groups is 1. The van der Waals surface area contributed by atoms with Crippen molar-refractivity contribution in [1.29, 1.82) is 0 Å². The lowest BCUT2D eigenvalue weighted by molar-refractivity contribution is 0.120. The molecule has 2 atom stereocenters. The van der Waals surface area contributed by atoms with E-state index >= 15 is 0 Å². The largest absolute Gasteiger partial charge is 0.390 e. The first-order chi connectivity index (χ1) is 9.06. The van der Waals surface area contributed by atoms with Crippen molar-refractivity contribution in [2.45, 2.75) is 39.0 Å². The summed E-state index contributed by atoms with van der Waals surface area (Å²) in [5, 5.41) is 14.5. The molecule has 3 N–H and O–H groups in total. The van der Waals surface area contributed by atoms with E-state index in [4.69, 9.17) is 5.73 Å². The molecule has 0 bridgehead atoms. The van der Waals surface area contributed by atoms with Crippen LogP contribution in [0.2, 0.25) is 0 Å². The van der Waals surface area contributed by atoms with Gasteiger partial charge in [0.15, 0.2) is 0 Å². The fraction of sp³-hybridized carbons (Fsp3) is 0.400. The Morgan fingerprint density at radius 1 is 1.26 bits per heavy atom. The van der Waals surface area contributed by atoms with Gasteiger partial charge in [-0.2, -0.15) is 5.10 Å². The molecule has 1 aromatic heterocycles. The lowest BCUT2D eigenvalue weighted by atomic mass is 10.0. The van der Waals surface area contributed by atoms with Gasteiger partial charge >= 0.3 is 0 Å². The zero-order chi connectivity index (χ0) is 13.8. The second kappa shape index (κ2) is 5.99. The molecule has 4 heteroatoms. The molecular formula is C15H21N3O. The second-order valence-corrected chi connectivity index (χ2v) is 5.03. The van der Waals surface area contributed by atoms with E-state index in [2.05, 4.69) is 5.10 Å². The summed E-state index contributed by atoms with van der Waals surface area (Å²) >= 11 is 0. The Bertz CT molecular complexity index is 521. The lowest BCUT2D eigenvalue weighted by Crippen LogP contribution is -2.39. The summed E-state index contributed by atoms with van der Waals surface area (Å²) in [5.74, 6) is 0. The Labute approximate surface area is 113 Å². The second-order valence-electron chi connectivity index (χ2n) is 5.03. The van der Waals surface area contributed by atoms with Gasteiger partial charge in [-0.1, -0.05) is 30.3 Å². The number of aromatic nitrogens is 2. The maximum absolute atomic E-state index is 10.2. The molecule has 2 rings (SSSR count). The van der Waals surface area contributed by atoms with E-state index in [9.17, 15) is 5.11 Å². The molecule has 2 unspecified atom stereocenters. The van der Waals surface area contributed by atoms with Crippen LogP contribution in [0.3, 0.4) is 0 Å². The van der Waals surface area contributed by atoms with Crippen LogP contribution in [0.5, 0.6) is 0 Å². The first kappa shape index (κ1) is 13.8. The number of aryl methyl sites for hydroxylation is 2. The van der Waals surface area contributed by atoms with Gasteiger partial charge in [-0.3, -0.25) is 4.68 Å². The first-order valence-corrected chi connectivity index (χ1v) is 6.55. The quantitative estimate of drug-likeness (QED) is 0.854. The Hall–Kier alpha value is -1.65. The van der Waals surface area contributed by atoms with Gasteiger partial charge in [0.1, 0.15) is 0 Å². The van der Waals surface area contributed by atoms with Crippen molar-refractivity contribution >= 4 is 0 Å². The molecule has 0 amide bonds. The molecule has 0 saturated carbocycles. The molecule has 102 valence electrons. The highest BCUT2D eigenvalue weighted by Crippen LogP contribution is 2.08. The van der Waals surface area contributed by atoms with Crippen LogP contribution in [-0.4, -0.2) is 27.0 Å². The minimum atomic E-state index is -0.599. The summed E-state index contributed by atoms with van der Waals surface area (Å²) in [7, 11) is 0. The topological polar surface area (TPSA) is 64.1 Å². The van der Waals surface area contributed by atoms with Gasteiger partial charge in [0.05, 0.1) is 18.3 Å². The number of hydrogen-bond acceptors (Lipinski definition) is 3. The summed E-state index contributed by atoms with van der Waals surface area (Å²) < 4.78 is 1.81. The molecule has 0 radical (unpaired) electrons. The Morgan fingerprint density at radius 3 is 2.53 bits per heavy atom. The molecule has 0 saturated heterocycles. The molecule has 0 fully saturated rings. The van der Waals surface area contributed by atoms with Crippen LogP contribution in [0.4, 0.5) is 0 Å². The van der Waals surface area contributed by atoms with Crippen LogP contribution in [0.1, 0.15) is 17.0 Å². The molecule has 2 aromatic rings. The average Bonchev–Trinajstić information content (AvgIpc) is 2.69. The third-order valence-electron chi connectivity index (χ3n) is 3.27. The van der Waals surface area contributed by atoms with Crippen molar-refractivity contribution in [3.05, 3.63) is 53.3 Å². The highest BCUT2D eigenvalue weighted by atomic mass is 16.3. The van der Waals surface area contributed by atoms with E-state index in [0.717, 1.165) is 17.0 Å². The number of aliphatic hydroxyl groups excluding tert-OH is 1. The van der Waals surface area contributed by atoms with Crippen LogP contribution < -0.4 is 5.73 Å². The van der Waals surface area contributed by atoms with E-state index < -0.39 is 6.10 Å². The summed E-state index contributed by atoms with van der Waals surface area (Å²) in [5.41, 5.74) is 9.21. The van der Waals surface area contributed by atoms with Crippen LogP contribution in [0.15, 0.2) is 36.4 Å². The third-order valence-corrected chi connectivity index (χ3v) is 3.27. The molecule has 0 aliphatic heterocycles. The summed E-state index contributed by atoms with van der Waals surface area (Å²) in [6, 6.07) is 11.7. The Kier molecular flexibility index (Phi) is 4.35. The predicted molar refractivity (Wildman–Crippen MR) is 75.8 cm³/mol. The minimum absolute atomic E-state index is 0.286. The molecule has 1 heterocycles. The monoisotopic (exact) mass is 259 g/mol. The predicted octanol–water partition coefficient (Wildman–Crippen LogP) is 1.43. The minimum Gasteiger partial charge on any atom is -0.390 e. The molecule has 4 nitrogen and oxygen atoms in total. The van der Waals surface area contributed by atoms with Gasteiger partial charge in [0, 0.05) is 11.7 Å². The molecular weight excluding hydrogens is 238 g/mol. The van der Waals surface area contributed by atoms with E-state index in [1.807, 2.05) is 54.9 Å². The average molecular weight is 259 g/mol. The summed E-state index contributed by atoms with van der Waals surface area (Å²) in [6.07, 6.45) is 0.0691. The molecule has 0 spiro atoms. The van der Waals surface area contributed by atoms with Crippen LogP contribution in [0, 0.1) is 13.8 Å². The van der Waals surface area contributed by atoms with E-state index in [1.54, 1.807) is 0 Å². The highest BCUT2D eigenvalue weighted by Gasteiger charge is 2.17. The normalized spacial score (nSPS) is 14.3. The van der Waals surface area contributed by atoms with Crippen LogP contribution >= 0.6 is 0 Å². The number of rotatable bonds is 5. The maximum atomic E-state index is 10.2. The van der Waals surface area contributed by atoms with Gasteiger partial charge in [0.25, 0.3) is 0 Å². The van der Waals surface area contributed by atoms with Crippen molar-refractivity contribution in [2.75, 3.05) is 0 Å². The van der Waals surface area contributed by atoms with Gasteiger partial charge in [0.2, 0.25) is 0 Å². The zero-order valence-electron chi connectivity index (χ0n) is 11.5. The molecule has 0 aliphatic carbocycles.